The predicted molar refractivity (Wildman–Crippen MR) is 87.3 cm³/mol. The Kier molecular flexibility index (Phi) is 4.10. The summed E-state index contributed by atoms with van der Waals surface area (Å²) in [7, 11) is 1.86. The van der Waals surface area contributed by atoms with Gasteiger partial charge in [-0.05, 0) is 6.07 Å². The molecule has 0 bridgehead atoms. The van der Waals surface area contributed by atoms with E-state index in [1.54, 1.807) is 10.8 Å². The second kappa shape index (κ2) is 6.41. The molecule has 1 aliphatic heterocycles. The number of aliphatic hydroxyl groups excluding tert-OH is 1. The van der Waals surface area contributed by atoms with Gasteiger partial charge in [0.05, 0.1) is 24.5 Å². The molecule has 1 atom stereocenters. The number of rotatable bonds is 5. The first-order valence-corrected chi connectivity index (χ1v) is 8.39. The highest BCUT2D eigenvalue weighted by atomic mass is 16.4. The fourth-order valence-electron chi connectivity index (χ4n) is 3.07. The van der Waals surface area contributed by atoms with Crippen LogP contribution in [0.15, 0.2) is 22.9 Å². The summed E-state index contributed by atoms with van der Waals surface area (Å²) >= 11 is 0. The molecule has 132 valence electrons. The standard InChI is InChI=1S/C16H21N7O2/c1-3-13-18-19-14(25-13)10-22-6-7-23-11(9-22)8-12(20-23)15(24)16-17-4-5-21(16)2/h4-5,8,15,24H,3,6-7,9-10H2,1-2H3/t15-/m0/s1. The summed E-state index contributed by atoms with van der Waals surface area (Å²) < 4.78 is 9.34. The van der Waals surface area contributed by atoms with E-state index in [1.807, 2.05) is 30.9 Å². The Morgan fingerprint density at radius 1 is 1.28 bits per heavy atom. The maximum atomic E-state index is 10.5. The molecule has 0 saturated heterocycles. The van der Waals surface area contributed by atoms with Gasteiger partial charge in [0.15, 0.2) is 6.10 Å². The van der Waals surface area contributed by atoms with Crippen LogP contribution in [0.3, 0.4) is 0 Å². The first-order valence-electron chi connectivity index (χ1n) is 8.39. The number of aliphatic hydroxyl groups is 1. The van der Waals surface area contributed by atoms with Crippen molar-refractivity contribution >= 4 is 0 Å². The Morgan fingerprint density at radius 2 is 2.12 bits per heavy atom. The zero-order chi connectivity index (χ0) is 17.4. The second-order valence-corrected chi connectivity index (χ2v) is 6.24. The molecule has 1 aliphatic rings. The summed E-state index contributed by atoms with van der Waals surface area (Å²) in [4.78, 5) is 6.44. The van der Waals surface area contributed by atoms with E-state index >= 15 is 0 Å². The smallest absolute Gasteiger partial charge is 0.230 e. The molecule has 0 saturated carbocycles. The number of imidazole rings is 1. The zero-order valence-electron chi connectivity index (χ0n) is 14.3. The van der Waals surface area contributed by atoms with Crippen LogP contribution < -0.4 is 0 Å². The van der Waals surface area contributed by atoms with Crippen molar-refractivity contribution < 1.29 is 9.52 Å². The van der Waals surface area contributed by atoms with Crippen LogP contribution in [-0.2, 0) is 33.1 Å². The fourth-order valence-corrected chi connectivity index (χ4v) is 3.07. The van der Waals surface area contributed by atoms with Crippen molar-refractivity contribution in [1.29, 1.82) is 0 Å². The van der Waals surface area contributed by atoms with E-state index in [-0.39, 0.29) is 0 Å². The van der Waals surface area contributed by atoms with Crippen molar-refractivity contribution in [1.82, 2.24) is 34.4 Å². The van der Waals surface area contributed by atoms with Gasteiger partial charge in [-0.3, -0.25) is 9.58 Å². The topological polar surface area (TPSA) is 98.0 Å². The summed E-state index contributed by atoms with van der Waals surface area (Å²) in [6, 6.07) is 1.94. The number of aryl methyl sites for hydroxylation is 2. The van der Waals surface area contributed by atoms with Gasteiger partial charge in [-0.25, -0.2) is 4.98 Å². The lowest BCUT2D eigenvalue weighted by molar-refractivity contribution is 0.183. The highest BCUT2D eigenvalue weighted by Crippen LogP contribution is 2.23. The lowest BCUT2D eigenvalue weighted by Crippen LogP contribution is -2.33. The highest BCUT2D eigenvalue weighted by molar-refractivity contribution is 5.19. The van der Waals surface area contributed by atoms with Crippen LogP contribution in [0.4, 0.5) is 0 Å². The lowest BCUT2D eigenvalue weighted by atomic mass is 10.2. The largest absolute Gasteiger partial charge is 0.424 e. The average molecular weight is 343 g/mol. The number of hydrogen-bond donors (Lipinski definition) is 1. The molecule has 0 amide bonds. The van der Waals surface area contributed by atoms with Gasteiger partial charge in [0.2, 0.25) is 11.8 Å². The van der Waals surface area contributed by atoms with Gasteiger partial charge in [0.1, 0.15) is 5.82 Å². The van der Waals surface area contributed by atoms with Gasteiger partial charge >= 0.3 is 0 Å². The van der Waals surface area contributed by atoms with E-state index in [4.69, 9.17) is 4.42 Å². The number of aromatic nitrogens is 6. The van der Waals surface area contributed by atoms with Crippen LogP contribution in [0.5, 0.6) is 0 Å². The van der Waals surface area contributed by atoms with Gasteiger partial charge in [-0.15, -0.1) is 10.2 Å². The minimum absolute atomic E-state index is 0.588. The molecule has 3 aromatic rings. The van der Waals surface area contributed by atoms with Crippen molar-refractivity contribution in [3.8, 4) is 0 Å². The second-order valence-electron chi connectivity index (χ2n) is 6.24. The molecule has 0 radical (unpaired) electrons. The normalized spacial score (nSPS) is 16.1. The molecule has 25 heavy (non-hydrogen) atoms. The average Bonchev–Trinajstić information content (AvgIpc) is 3.33. The fraction of sp³-hybridized carbons (Fsp3) is 0.500. The van der Waals surface area contributed by atoms with Crippen LogP contribution in [0.1, 0.15) is 42.0 Å². The van der Waals surface area contributed by atoms with Crippen molar-refractivity contribution in [2.24, 2.45) is 7.05 Å². The van der Waals surface area contributed by atoms with Gasteiger partial charge in [0, 0.05) is 39.0 Å². The van der Waals surface area contributed by atoms with Gasteiger partial charge in [-0.2, -0.15) is 5.10 Å². The highest BCUT2D eigenvalue weighted by Gasteiger charge is 2.24. The monoisotopic (exact) mass is 343 g/mol. The third kappa shape index (κ3) is 3.08. The van der Waals surface area contributed by atoms with Gasteiger partial charge in [0.25, 0.3) is 0 Å². The Balaban J connectivity index is 1.48. The molecule has 0 fully saturated rings. The van der Waals surface area contributed by atoms with Gasteiger partial charge in [-0.1, -0.05) is 6.92 Å². The molecule has 0 aliphatic carbocycles. The van der Waals surface area contributed by atoms with E-state index in [1.165, 1.54) is 0 Å². The van der Waals surface area contributed by atoms with Gasteiger partial charge < -0.3 is 14.1 Å². The van der Waals surface area contributed by atoms with Crippen molar-refractivity contribution in [3.05, 3.63) is 47.5 Å². The van der Waals surface area contributed by atoms with E-state index < -0.39 is 6.10 Å². The summed E-state index contributed by atoms with van der Waals surface area (Å²) in [5.74, 6) is 1.89. The molecule has 3 aromatic heterocycles. The zero-order valence-corrected chi connectivity index (χ0v) is 14.3. The summed E-state index contributed by atoms with van der Waals surface area (Å²) in [6.07, 6.45) is 3.40. The first-order chi connectivity index (χ1) is 12.1. The molecule has 4 rings (SSSR count). The summed E-state index contributed by atoms with van der Waals surface area (Å²) in [5.41, 5.74) is 1.68. The van der Waals surface area contributed by atoms with Crippen molar-refractivity contribution in [2.75, 3.05) is 6.54 Å². The maximum Gasteiger partial charge on any atom is 0.230 e. The Hall–Kier alpha value is -2.52. The SMILES string of the molecule is CCc1nnc(CN2CCn3nc([C@H](O)c4nccn4C)cc3C2)o1. The van der Waals surface area contributed by atoms with Crippen LogP contribution in [0, 0.1) is 0 Å². The van der Waals surface area contributed by atoms with Crippen LogP contribution in [0.25, 0.3) is 0 Å². The predicted octanol–water partition coefficient (Wildman–Crippen LogP) is 0.659. The van der Waals surface area contributed by atoms with Crippen molar-refractivity contribution in [2.45, 2.75) is 39.1 Å². The Labute approximate surface area is 144 Å². The Bertz CT molecular complexity index is 866. The van der Waals surface area contributed by atoms with E-state index in [0.717, 1.165) is 31.7 Å². The minimum Gasteiger partial charge on any atom is -0.424 e. The molecule has 1 N–H and O–H groups in total. The molecule has 4 heterocycles. The third-order valence-electron chi connectivity index (χ3n) is 4.45. The molecular formula is C16H21N7O2. The molecule has 0 unspecified atom stereocenters. The lowest BCUT2D eigenvalue weighted by Gasteiger charge is -2.25. The van der Waals surface area contributed by atoms with E-state index in [9.17, 15) is 5.11 Å². The third-order valence-corrected chi connectivity index (χ3v) is 4.45. The molecule has 0 aromatic carbocycles. The first kappa shape index (κ1) is 16.0. The number of fused-ring (bicyclic) bond motifs is 1. The molecule has 9 heteroatoms. The molecular weight excluding hydrogens is 322 g/mol. The summed E-state index contributed by atoms with van der Waals surface area (Å²) in [5, 5.41) is 23.2. The van der Waals surface area contributed by atoms with Crippen molar-refractivity contribution in [3.63, 3.8) is 0 Å². The maximum absolute atomic E-state index is 10.5. The van der Waals surface area contributed by atoms with Crippen LogP contribution >= 0.6 is 0 Å². The quantitative estimate of drug-likeness (QED) is 0.726. The summed E-state index contributed by atoms with van der Waals surface area (Å²) in [6.45, 7) is 4.94. The number of hydrogen-bond acceptors (Lipinski definition) is 7. The Morgan fingerprint density at radius 3 is 2.84 bits per heavy atom. The molecule has 9 nitrogen and oxygen atoms in total. The number of nitrogens with zero attached hydrogens (tertiary/aromatic N) is 7. The van der Waals surface area contributed by atoms with Crippen LogP contribution in [-0.4, -0.2) is 46.1 Å². The van der Waals surface area contributed by atoms with E-state index in [2.05, 4.69) is 25.2 Å². The minimum atomic E-state index is -0.824. The molecule has 0 spiro atoms. The van der Waals surface area contributed by atoms with Crippen LogP contribution in [0.2, 0.25) is 0 Å². The van der Waals surface area contributed by atoms with E-state index in [0.29, 0.717) is 29.8 Å².